The zero-order chi connectivity index (χ0) is 12.2. The van der Waals surface area contributed by atoms with Gasteiger partial charge in [0.05, 0.1) is 24.4 Å². The Hall–Kier alpha value is -1.26. The molecule has 0 bridgehead atoms. The molecule has 86 valence electrons. The number of ether oxygens (including phenoxy) is 1. The lowest BCUT2D eigenvalue weighted by molar-refractivity contribution is 0.416. The second kappa shape index (κ2) is 5.18. The summed E-state index contributed by atoms with van der Waals surface area (Å²) >= 11 is 2.86. The zero-order valence-electron chi connectivity index (χ0n) is 8.40. The predicted molar refractivity (Wildman–Crippen MR) is 64.0 cm³/mol. The van der Waals surface area contributed by atoms with Gasteiger partial charge in [0, 0.05) is 6.07 Å². The molecule has 1 aromatic carbocycles. The molecule has 1 rings (SSSR count). The molecule has 0 spiro atoms. The molecule has 1 aromatic rings. The molecular formula is C9H9BrN2O3S. The number of nitrogens with zero attached hydrogens (tertiary/aromatic N) is 1. The van der Waals surface area contributed by atoms with Crippen molar-refractivity contribution in [3.63, 3.8) is 0 Å². The van der Waals surface area contributed by atoms with Crippen LogP contribution < -0.4 is 9.46 Å². The van der Waals surface area contributed by atoms with Crippen LogP contribution in [0, 0.1) is 11.3 Å². The summed E-state index contributed by atoms with van der Waals surface area (Å²) < 4.78 is 29.7. The predicted octanol–water partition coefficient (Wildman–Crippen LogP) is 1.66. The number of anilines is 1. The Balaban J connectivity index is 3.11. The van der Waals surface area contributed by atoms with Gasteiger partial charge in [0.2, 0.25) is 10.0 Å². The smallest absolute Gasteiger partial charge is 0.242 e. The topological polar surface area (TPSA) is 79.2 Å². The highest BCUT2D eigenvalue weighted by Crippen LogP contribution is 2.26. The van der Waals surface area contributed by atoms with E-state index in [9.17, 15) is 8.42 Å². The third-order valence-corrected chi connectivity index (χ3v) is 4.37. The first-order chi connectivity index (χ1) is 7.52. The first-order valence-electron chi connectivity index (χ1n) is 4.17. The molecule has 0 saturated heterocycles. The Bertz CT molecular complexity index is 522. The molecule has 0 radical (unpaired) electrons. The van der Waals surface area contributed by atoms with Gasteiger partial charge in [0.1, 0.15) is 10.4 Å². The molecule has 7 heteroatoms. The molecule has 0 aliphatic rings. The van der Waals surface area contributed by atoms with E-state index in [4.69, 9.17) is 10.00 Å². The van der Waals surface area contributed by atoms with Crippen molar-refractivity contribution in [3.05, 3.63) is 23.8 Å². The van der Waals surface area contributed by atoms with Gasteiger partial charge in [-0.15, -0.1) is 0 Å². The van der Waals surface area contributed by atoms with Gasteiger partial charge >= 0.3 is 0 Å². The van der Waals surface area contributed by atoms with Crippen LogP contribution in [0.2, 0.25) is 0 Å². The van der Waals surface area contributed by atoms with Gasteiger partial charge in [-0.05, 0) is 12.1 Å². The molecule has 5 nitrogen and oxygen atoms in total. The van der Waals surface area contributed by atoms with Gasteiger partial charge in [-0.3, -0.25) is 4.72 Å². The number of hydrogen-bond donors (Lipinski definition) is 1. The molecule has 0 atom stereocenters. The first kappa shape index (κ1) is 12.8. The number of alkyl halides is 1. The van der Waals surface area contributed by atoms with Crippen LogP contribution in [0.4, 0.5) is 5.69 Å². The highest BCUT2D eigenvalue weighted by Gasteiger charge is 2.12. The molecule has 0 aliphatic heterocycles. The summed E-state index contributed by atoms with van der Waals surface area (Å²) in [5.41, 5.74) is 0.708. The van der Waals surface area contributed by atoms with Gasteiger partial charge in [0.25, 0.3) is 0 Å². The number of nitrogens with one attached hydrogen (secondary N) is 1. The number of methoxy groups -OCH3 is 1. The number of rotatable bonds is 4. The Labute approximate surface area is 102 Å². The van der Waals surface area contributed by atoms with Crippen molar-refractivity contribution in [2.75, 3.05) is 16.5 Å². The molecule has 0 unspecified atom stereocenters. The van der Waals surface area contributed by atoms with Crippen LogP contribution in [-0.2, 0) is 10.0 Å². The van der Waals surface area contributed by atoms with E-state index >= 15 is 0 Å². The fourth-order valence-corrected chi connectivity index (χ4v) is 1.94. The number of sulfonamides is 1. The van der Waals surface area contributed by atoms with Crippen molar-refractivity contribution >= 4 is 31.6 Å². The molecule has 0 aliphatic carbocycles. The van der Waals surface area contributed by atoms with Crippen LogP contribution in [0.15, 0.2) is 18.2 Å². The SMILES string of the molecule is COc1cc(C#N)ccc1NS(=O)(=O)CBr. The fourth-order valence-electron chi connectivity index (χ4n) is 1.04. The van der Waals surface area contributed by atoms with E-state index < -0.39 is 10.0 Å². The van der Waals surface area contributed by atoms with E-state index in [1.807, 2.05) is 6.07 Å². The number of nitriles is 1. The molecule has 16 heavy (non-hydrogen) atoms. The summed E-state index contributed by atoms with van der Waals surface area (Å²) in [5.74, 6) is 0.309. The van der Waals surface area contributed by atoms with Crippen molar-refractivity contribution in [2.24, 2.45) is 0 Å². The van der Waals surface area contributed by atoms with E-state index in [-0.39, 0.29) is 4.66 Å². The minimum atomic E-state index is -3.42. The normalized spacial score (nSPS) is 10.6. The van der Waals surface area contributed by atoms with E-state index in [1.165, 1.54) is 25.3 Å². The number of halogens is 1. The Kier molecular flexibility index (Phi) is 4.15. The number of hydrogen-bond acceptors (Lipinski definition) is 4. The van der Waals surface area contributed by atoms with Gasteiger partial charge in [-0.1, -0.05) is 15.9 Å². The van der Waals surface area contributed by atoms with Crippen molar-refractivity contribution in [2.45, 2.75) is 0 Å². The minimum absolute atomic E-state index is 0.205. The quantitative estimate of drug-likeness (QED) is 0.858. The summed E-state index contributed by atoms with van der Waals surface area (Å²) in [5, 5.41) is 8.68. The lowest BCUT2D eigenvalue weighted by atomic mass is 10.2. The zero-order valence-corrected chi connectivity index (χ0v) is 10.8. The maximum absolute atomic E-state index is 11.3. The summed E-state index contributed by atoms with van der Waals surface area (Å²) in [6.45, 7) is 0. The third-order valence-electron chi connectivity index (χ3n) is 1.74. The monoisotopic (exact) mass is 304 g/mol. The Morgan fingerprint density at radius 3 is 2.75 bits per heavy atom. The van der Waals surface area contributed by atoms with E-state index in [1.54, 1.807) is 0 Å². The van der Waals surface area contributed by atoms with Crippen LogP contribution in [0.25, 0.3) is 0 Å². The molecule has 0 saturated carbocycles. The summed E-state index contributed by atoms with van der Waals surface area (Å²) in [7, 11) is -2.02. The van der Waals surface area contributed by atoms with Crippen molar-refractivity contribution in [1.29, 1.82) is 5.26 Å². The van der Waals surface area contributed by atoms with E-state index in [2.05, 4.69) is 20.7 Å². The Morgan fingerprint density at radius 2 is 2.25 bits per heavy atom. The number of benzene rings is 1. The van der Waals surface area contributed by atoms with Crippen LogP contribution in [0.1, 0.15) is 5.56 Å². The molecule has 0 heterocycles. The van der Waals surface area contributed by atoms with Gasteiger partial charge in [-0.2, -0.15) is 5.26 Å². The first-order valence-corrected chi connectivity index (χ1v) is 6.94. The third kappa shape index (κ3) is 3.12. The molecular weight excluding hydrogens is 296 g/mol. The summed E-state index contributed by atoms with van der Waals surface area (Å²) in [4.78, 5) is 0. The van der Waals surface area contributed by atoms with E-state index in [0.29, 0.717) is 17.0 Å². The minimum Gasteiger partial charge on any atom is -0.495 e. The highest BCUT2D eigenvalue weighted by molar-refractivity contribution is 9.10. The van der Waals surface area contributed by atoms with Gasteiger partial charge in [0.15, 0.2) is 0 Å². The average molecular weight is 305 g/mol. The largest absolute Gasteiger partial charge is 0.495 e. The summed E-state index contributed by atoms with van der Waals surface area (Å²) in [6, 6.07) is 6.40. The van der Waals surface area contributed by atoms with Crippen LogP contribution >= 0.6 is 15.9 Å². The second-order valence-electron chi connectivity index (χ2n) is 2.85. The summed E-state index contributed by atoms with van der Waals surface area (Å²) in [6.07, 6.45) is 0. The van der Waals surface area contributed by atoms with Crippen molar-refractivity contribution in [3.8, 4) is 11.8 Å². The lowest BCUT2D eigenvalue weighted by Crippen LogP contribution is -2.13. The standard InChI is InChI=1S/C9H9BrN2O3S/c1-15-9-4-7(5-11)2-3-8(9)12-16(13,14)6-10/h2-4,12H,6H2,1H3. The molecule has 0 amide bonds. The maximum Gasteiger partial charge on any atom is 0.242 e. The van der Waals surface area contributed by atoms with Gasteiger partial charge < -0.3 is 4.74 Å². The fraction of sp³-hybridized carbons (Fsp3) is 0.222. The van der Waals surface area contributed by atoms with Crippen LogP contribution in [-0.4, -0.2) is 20.2 Å². The molecule has 1 N–H and O–H groups in total. The molecule has 0 aromatic heterocycles. The highest BCUT2D eigenvalue weighted by atomic mass is 79.9. The Morgan fingerprint density at radius 1 is 1.56 bits per heavy atom. The lowest BCUT2D eigenvalue weighted by Gasteiger charge is -2.10. The van der Waals surface area contributed by atoms with Crippen molar-refractivity contribution < 1.29 is 13.2 Å². The average Bonchev–Trinajstić information content (AvgIpc) is 2.29. The van der Waals surface area contributed by atoms with Gasteiger partial charge in [-0.25, -0.2) is 8.42 Å². The van der Waals surface area contributed by atoms with Crippen LogP contribution in [0.5, 0.6) is 5.75 Å². The maximum atomic E-state index is 11.3. The van der Waals surface area contributed by atoms with Crippen molar-refractivity contribution in [1.82, 2.24) is 0 Å². The second-order valence-corrected chi connectivity index (χ2v) is 5.88. The molecule has 0 fully saturated rings. The van der Waals surface area contributed by atoms with Crippen LogP contribution in [0.3, 0.4) is 0 Å². The van der Waals surface area contributed by atoms with E-state index in [0.717, 1.165) is 0 Å².